The number of likely N-dealkylation sites (N-methyl/N-ethyl adjacent to an activating group) is 1. The summed E-state index contributed by atoms with van der Waals surface area (Å²) in [5.41, 5.74) is 4.44. The molecule has 0 radical (unpaired) electrons. The lowest BCUT2D eigenvalue weighted by atomic mass is 9.96. The molecule has 1 amide bonds. The van der Waals surface area contributed by atoms with Crippen LogP contribution in [-0.2, 0) is 0 Å². The predicted octanol–water partition coefficient (Wildman–Crippen LogP) is 4.28. The van der Waals surface area contributed by atoms with Gasteiger partial charge in [-0.1, -0.05) is 49.7 Å². The largest absolute Gasteiger partial charge is 0.330 e. The zero-order valence-corrected chi connectivity index (χ0v) is 17.8. The van der Waals surface area contributed by atoms with E-state index in [1.807, 2.05) is 51.1 Å². The van der Waals surface area contributed by atoms with Crippen molar-refractivity contribution >= 4 is 11.7 Å². The van der Waals surface area contributed by atoms with Gasteiger partial charge in [-0.15, -0.1) is 0 Å². The molecule has 150 valence electrons. The lowest BCUT2D eigenvalue weighted by molar-refractivity contribution is 0.0692. The second kappa shape index (κ2) is 10.2. The Balaban J connectivity index is 2.26. The van der Waals surface area contributed by atoms with Crippen LogP contribution in [0.2, 0.25) is 0 Å². The summed E-state index contributed by atoms with van der Waals surface area (Å²) >= 11 is 0. The van der Waals surface area contributed by atoms with Crippen molar-refractivity contribution in [2.24, 2.45) is 0 Å². The van der Waals surface area contributed by atoms with Crippen LogP contribution in [0.5, 0.6) is 0 Å². The van der Waals surface area contributed by atoms with E-state index in [-0.39, 0.29) is 18.2 Å². The van der Waals surface area contributed by atoms with Gasteiger partial charge in [0.15, 0.2) is 5.78 Å². The Labute approximate surface area is 169 Å². The number of benzene rings is 2. The number of nitrogens with zero attached hydrogens (tertiary/aromatic N) is 2. The van der Waals surface area contributed by atoms with Crippen LogP contribution in [0.3, 0.4) is 0 Å². The summed E-state index contributed by atoms with van der Waals surface area (Å²) in [4.78, 5) is 30.2. The Hall–Kier alpha value is -2.46. The van der Waals surface area contributed by atoms with Gasteiger partial charge in [0.25, 0.3) is 5.91 Å². The van der Waals surface area contributed by atoms with Gasteiger partial charge >= 0.3 is 0 Å². The predicted molar refractivity (Wildman–Crippen MR) is 115 cm³/mol. The van der Waals surface area contributed by atoms with Gasteiger partial charge in [0.1, 0.15) is 0 Å². The molecule has 0 saturated heterocycles. The molecular weight excluding hydrogens is 348 g/mol. The first-order valence-electron chi connectivity index (χ1n) is 10.0. The number of Topliss-reactive ketones (excluding diaryl/α,β-unsaturated/α-hetero) is 1. The Morgan fingerprint density at radius 3 is 1.96 bits per heavy atom. The third-order valence-electron chi connectivity index (χ3n) is 5.18. The first-order valence-corrected chi connectivity index (χ1v) is 10.0. The molecule has 2 aromatic carbocycles. The molecule has 2 aromatic rings. The minimum atomic E-state index is -0.0940. The molecule has 0 atom stereocenters. The van der Waals surface area contributed by atoms with E-state index in [2.05, 4.69) is 18.7 Å². The molecule has 0 aromatic heterocycles. The average Bonchev–Trinajstić information content (AvgIpc) is 2.67. The van der Waals surface area contributed by atoms with Gasteiger partial charge in [0, 0.05) is 24.2 Å². The number of hydrogen-bond acceptors (Lipinski definition) is 3. The van der Waals surface area contributed by atoms with Gasteiger partial charge in [-0.2, -0.15) is 0 Å². The summed E-state index contributed by atoms with van der Waals surface area (Å²) in [5, 5.41) is 0. The molecule has 0 spiro atoms. The molecule has 4 heteroatoms. The van der Waals surface area contributed by atoms with E-state index in [4.69, 9.17) is 0 Å². The van der Waals surface area contributed by atoms with Crippen molar-refractivity contribution in [2.45, 2.75) is 34.6 Å². The molecule has 0 aliphatic heterocycles. The summed E-state index contributed by atoms with van der Waals surface area (Å²) in [7, 11) is 0. The van der Waals surface area contributed by atoms with E-state index in [9.17, 15) is 9.59 Å². The minimum absolute atomic E-state index is 0.00109. The molecule has 0 heterocycles. The van der Waals surface area contributed by atoms with Gasteiger partial charge < -0.3 is 9.80 Å². The lowest BCUT2D eigenvalue weighted by Gasteiger charge is -2.26. The van der Waals surface area contributed by atoms with E-state index < -0.39 is 0 Å². The van der Waals surface area contributed by atoms with Crippen LogP contribution in [0.1, 0.15) is 51.3 Å². The number of amides is 1. The molecule has 0 N–H and O–H groups in total. The molecule has 0 fully saturated rings. The van der Waals surface area contributed by atoms with Gasteiger partial charge in [-0.25, -0.2) is 0 Å². The average molecular weight is 381 g/mol. The first kappa shape index (κ1) is 21.8. The SMILES string of the molecule is CCN(CC)CCN(CC(=O)c1c(C)cc(C)cc1C)C(=O)c1ccccc1. The summed E-state index contributed by atoms with van der Waals surface area (Å²) in [6.07, 6.45) is 0. The van der Waals surface area contributed by atoms with Gasteiger partial charge in [-0.05, 0) is 57.1 Å². The fraction of sp³-hybridized carbons (Fsp3) is 0.417. The number of carbonyl (C=O) groups is 2. The molecule has 0 bridgehead atoms. The molecule has 0 aliphatic carbocycles. The monoisotopic (exact) mass is 380 g/mol. The highest BCUT2D eigenvalue weighted by Gasteiger charge is 2.22. The summed E-state index contributed by atoms with van der Waals surface area (Å²) in [5.74, 6) is -0.0950. The van der Waals surface area contributed by atoms with Crippen molar-refractivity contribution in [2.75, 3.05) is 32.7 Å². The number of rotatable bonds is 9. The molecule has 28 heavy (non-hydrogen) atoms. The van der Waals surface area contributed by atoms with Crippen LogP contribution >= 0.6 is 0 Å². The van der Waals surface area contributed by atoms with E-state index in [0.717, 1.165) is 41.9 Å². The Bertz CT molecular complexity index is 788. The van der Waals surface area contributed by atoms with Crippen LogP contribution in [0.25, 0.3) is 0 Å². The standard InChI is InChI=1S/C24H32N2O2/c1-6-25(7-2)13-14-26(24(28)21-11-9-8-10-12-21)17-22(27)23-19(4)15-18(3)16-20(23)5/h8-12,15-16H,6-7,13-14,17H2,1-5H3. The summed E-state index contributed by atoms with van der Waals surface area (Å²) < 4.78 is 0. The highest BCUT2D eigenvalue weighted by atomic mass is 16.2. The van der Waals surface area contributed by atoms with Gasteiger partial charge in [0.05, 0.1) is 6.54 Å². The third kappa shape index (κ3) is 5.52. The Morgan fingerprint density at radius 1 is 0.857 bits per heavy atom. The lowest BCUT2D eigenvalue weighted by Crippen LogP contribution is -2.41. The van der Waals surface area contributed by atoms with Crippen LogP contribution in [0, 0.1) is 20.8 Å². The summed E-state index contributed by atoms with van der Waals surface area (Å²) in [6, 6.07) is 13.3. The highest BCUT2D eigenvalue weighted by molar-refractivity contribution is 6.03. The first-order chi connectivity index (χ1) is 13.4. The van der Waals surface area contributed by atoms with Crippen molar-refractivity contribution in [1.82, 2.24) is 9.80 Å². The Morgan fingerprint density at radius 2 is 1.43 bits per heavy atom. The summed E-state index contributed by atoms with van der Waals surface area (Å²) in [6.45, 7) is 13.4. The molecule has 0 aliphatic rings. The van der Waals surface area contributed by atoms with Crippen LogP contribution in [0.15, 0.2) is 42.5 Å². The van der Waals surface area contributed by atoms with Gasteiger partial charge in [0.2, 0.25) is 0 Å². The number of carbonyl (C=O) groups excluding carboxylic acids is 2. The molecule has 0 unspecified atom stereocenters. The maximum atomic E-state index is 13.1. The topological polar surface area (TPSA) is 40.6 Å². The van der Waals surface area contributed by atoms with E-state index in [1.165, 1.54) is 0 Å². The molecular formula is C24H32N2O2. The quantitative estimate of drug-likeness (QED) is 0.610. The van der Waals surface area contributed by atoms with Crippen molar-refractivity contribution in [3.8, 4) is 0 Å². The second-order valence-corrected chi connectivity index (χ2v) is 7.32. The minimum Gasteiger partial charge on any atom is -0.330 e. The molecule has 4 nitrogen and oxygen atoms in total. The fourth-order valence-electron chi connectivity index (χ4n) is 3.69. The zero-order chi connectivity index (χ0) is 20.7. The molecule has 2 rings (SSSR count). The zero-order valence-electron chi connectivity index (χ0n) is 17.8. The second-order valence-electron chi connectivity index (χ2n) is 7.32. The maximum absolute atomic E-state index is 13.1. The number of aryl methyl sites for hydroxylation is 3. The fourth-order valence-corrected chi connectivity index (χ4v) is 3.69. The van der Waals surface area contributed by atoms with E-state index in [1.54, 1.807) is 17.0 Å². The highest BCUT2D eigenvalue weighted by Crippen LogP contribution is 2.18. The van der Waals surface area contributed by atoms with Crippen molar-refractivity contribution in [3.63, 3.8) is 0 Å². The smallest absolute Gasteiger partial charge is 0.254 e. The van der Waals surface area contributed by atoms with E-state index >= 15 is 0 Å². The Kier molecular flexibility index (Phi) is 7.94. The van der Waals surface area contributed by atoms with Crippen LogP contribution < -0.4 is 0 Å². The van der Waals surface area contributed by atoms with Crippen molar-refractivity contribution < 1.29 is 9.59 Å². The number of ketones is 1. The normalized spacial score (nSPS) is 10.9. The van der Waals surface area contributed by atoms with Gasteiger partial charge in [-0.3, -0.25) is 9.59 Å². The molecule has 0 saturated carbocycles. The van der Waals surface area contributed by atoms with Crippen molar-refractivity contribution in [1.29, 1.82) is 0 Å². The van der Waals surface area contributed by atoms with Crippen LogP contribution in [0.4, 0.5) is 0 Å². The van der Waals surface area contributed by atoms with E-state index in [0.29, 0.717) is 12.1 Å². The van der Waals surface area contributed by atoms with Crippen molar-refractivity contribution in [3.05, 3.63) is 70.3 Å². The third-order valence-corrected chi connectivity index (χ3v) is 5.18. The maximum Gasteiger partial charge on any atom is 0.254 e. The number of hydrogen-bond donors (Lipinski definition) is 0. The van der Waals surface area contributed by atoms with Crippen LogP contribution in [-0.4, -0.2) is 54.2 Å².